The summed E-state index contributed by atoms with van der Waals surface area (Å²) in [4.78, 5) is 18.6. The first-order valence-electron chi connectivity index (χ1n) is 11.9. The number of carbonyl (C=O) groups is 1. The molecule has 7 nitrogen and oxygen atoms in total. The number of thiophene rings is 1. The van der Waals surface area contributed by atoms with Gasteiger partial charge in [-0.1, -0.05) is 42.0 Å². The number of hydrogen-bond acceptors (Lipinski definition) is 7. The summed E-state index contributed by atoms with van der Waals surface area (Å²) in [5, 5.41) is 13.3. The van der Waals surface area contributed by atoms with Crippen molar-refractivity contribution in [3.05, 3.63) is 92.9 Å². The number of nitrogens with one attached hydrogen (secondary N) is 1. The Bertz CT molecular complexity index is 1450. The highest BCUT2D eigenvalue weighted by Gasteiger charge is 2.32. The summed E-state index contributed by atoms with van der Waals surface area (Å²) >= 11 is 1.70. The summed E-state index contributed by atoms with van der Waals surface area (Å²) in [6.45, 7) is 9.02. The van der Waals surface area contributed by atoms with Crippen LogP contribution >= 0.6 is 11.3 Å². The zero-order valence-corrected chi connectivity index (χ0v) is 21.9. The zero-order chi connectivity index (χ0) is 25.4. The fourth-order valence-corrected chi connectivity index (χ4v) is 5.64. The molecular weight excluding hydrogens is 470 g/mol. The number of fused-ring (bicyclic) bond motifs is 3. The van der Waals surface area contributed by atoms with Crippen LogP contribution < -0.4 is 5.32 Å². The maximum absolute atomic E-state index is 12.3. The molecule has 0 radical (unpaired) electrons. The van der Waals surface area contributed by atoms with Gasteiger partial charge in [0.05, 0.1) is 19.2 Å². The number of carbonyl (C=O) groups excluding carboxylic acids is 1. The van der Waals surface area contributed by atoms with Crippen molar-refractivity contribution in [1.82, 2.24) is 14.8 Å². The molecule has 8 heteroatoms. The maximum atomic E-state index is 12.3. The van der Waals surface area contributed by atoms with Crippen molar-refractivity contribution in [2.75, 3.05) is 12.4 Å². The predicted molar refractivity (Wildman–Crippen MR) is 143 cm³/mol. The molecule has 1 atom stereocenters. The Morgan fingerprint density at radius 1 is 1.03 bits per heavy atom. The molecule has 0 unspecified atom stereocenters. The summed E-state index contributed by atoms with van der Waals surface area (Å²) in [6.07, 6.45) is 0.0985. The minimum Gasteiger partial charge on any atom is -0.469 e. The molecule has 0 aliphatic carbocycles. The van der Waals surface area contributed by atoms with E-state index in [-0.39, 0.29) is 12.4 Å². The van der Waals surface area contributed by atoms with Gasteiger partial charge < -0.3 is 10.1 Å². The molecule has 2 aromatic carbocycles. The molecule has 0 saturated carbocycles. The van der Waals surface area contributed by atoms with Gasteiger partial charge in [-0.15, -0.1) is 21.5 Å². The van der Waals surface area contributed by atoms with E-state index in [2.05, 4.69) is 84.8 Å². The zero-order valence-electron chi connectivity index (χ0n) is 21.1. The quantitative estimate of drug-likeness (QED) is 0.348. The molecule has 3 heterocycles. The number of nitrogens with zero attached hydrogens (tertiary/aromatic N) is 4. The predicted octanol–water partition coefficient (Wildman–Crippen LogP) is 5.63. The van der Waals surface area contributed by atoms with Crippen LogP contribution in [-0.4, -0.2) is 33.6 Å². The van der Waals surface area contributed by atoms with E-state index in [1.807, 2.05) is 11.5 Å². The molecule has 0 amide bonds. The van der Waals surface area contributed by atoms with E-state index >= 15 is 0 Å². The minimum atomic E-state index is -0.493. The SMILES string of the molecule is COC(=O)C[C@@H]1N=C(c2ccc(NCc3ccc(C)cc3)cc2)c2c(sc(C)c2C)-n2c(C)nnc21. The number of anilines is 1. The van der Waals surface area contributed by atoms with Crippen molar-refractivity contribution in [3.63, 3.8) is 0 Å². The average molecular weight is 500 g/mol. The van der Waals surface area contributed by atoms with Crippen LogP contribution in [-0.2, 0) is 16.1 Å². The molecule has 184 valence electrons. The van der Waals surface area contributed by atoms with Crippen LogP contribution in [0, 0.1) is 27.7 Å². The molecule has 1 N–H and O–H groups in total. The molecule has 5 rings (SSSR count). The van der Waals surface area contributed by atoms with E-state index in [0.29, 0.717) is 5.82 Å². The first-order valence-corrected chi connectivity index (χ1v) is 12.7. The molecule has 1 aliphatic rings. The topological polar surface area (TPSA) is 81.4 Å². The lowest BCUT2D eigenvalue weighted by molar-refractivity contribution is -0.141. The maximum Gasteiger partial charge on any atom is 0.308 e. The van der Waals surface area contributed by atoms with Gasteiger partial charge in [-0.25, -0.2) is 0 Å². The summed E-state index contributed by atoms with van der Waals surface area (Å²) in [7, 11) is 1.40. The van der Waals surface area contributed by atoms with E-state index in [0.717, 1.165) is 39.9 Å². The van der Waals surface area contributed by atoms with Gasteiger partial charge in [-0.2, -0.15) is 0 Å². The molecule has 0 spiro atoms. The second-order valence-electron chi connectivity index (χ2n) is 9.09. The summed E-state index contributed by atoms with van der Waals surface area (Å²) in [6, 6.07) is 16.4. The van der Waals surface area contributed by atoms with Crippen LogP contribution in [0.2, 0.25) is 0 Å². The molecule has 0 saturated heterocycles. The molecule has 36 heavy (non-hydrogen) atoms. The Morgan fingerprint density at radius 2 is 1.75 bits per heavy atom. The Balaban J connectivity index is 1.53. The van der Waals surface area contributed by atoms with Crippen molar-refractivity contribution in [2.24, 2.45) is 4.99 Å². The van der Waals surface area contributed by atoms with Crippen LogP contribution in [0.4, 0.5) is 5.69 Å². The Labute approximate surface area is 214 Å². The molecule has 2 aromatic heterocycles. The smallest absolute Gasteiger partial charge is 0.308 e. The highest BCUT2D eigenvalue weighted by atomic mass is 32.1. The van der Waals surface area contributed by atoms with Crippen LogP contribution in [0.1, 0.15) is 56.8 Å². The second kappa shape index (κ2) is 9.70. The second-order valence-corrected chi connectivity index (χ2v) is 10.3. The van der Waals surface area contributed by atoms with Gasteiger partial charge in [-0.05, 0) is 51.0 Å². The number of benzene rings is 2. The molecular formula is C28H29N5O2S. The standard InChI is InChI=1S/C28H29N5O2S/c1-16-6-8-20(9-7-16)15-29-22-12-10-21(11-13-22)26-25-17(2)18(3)36-28(25)33-19(4)31-32-27(33)23(30-26)14-24(34)35-5/h6-13,23,29H,14-15H2,1-5H3/t23-/m0/s1. The number of methoxy groups -OCH3 is 1. The number of ether oxygens (including phenoxy) is 1. The van der Waals surface area contributed by atoms with Crippen LogP contribution in [0.5, 0.6) is 0 Å². The van der Waals surface area contributed by atoms with Crippen LogP contribution in [0.15, 0.2) is 53.5 Å². The number of hydrogen-bond donors (Lipinski definition) is 1. The summed E-state index contributed by atoms with van der Waals surface area (Å²) in [5.41, 5.74) is 7.61. The Morgan fingerprint density at radius 3 is 2.44 bits per heavy atom. The first kappa shape index (κ1) is 23.9. The molecule has 4 aromatic rings. The van der Waals surface area contributed by atoms with Crippen LogP contribution in [0.3, 0.4) is 0 Å². The molecule has 0 bridgehead atoms. The lowest BCUT2D eigenvalue weighted by atomic mass is 9.99. The van der Waals surface area contributed by atoms with Crippen molar-refractivity contribution in [2.45, 2.75) is 46.7 Å². The summed E-state index contributed by atoms with van der Waals surface area (Å²) in [5.74, 6) is 1.10. The molecule has 1 aliphatic heterocycles. The van der Waals surface area contributed by atoms with Crippen LogP contribution in [0.25, 0.3) is 5.00 Å². The van der Waals surface area contributed by atoms with Gasteiger partial charge in [0.2, 0.25) is 0 Å². The van der Waals surface area contributed by atoms with Gasteiger partial charge in [0, 0.05) is 28.2 Å². The number of aromatic nitrogens is 3. The fourth-order valence-electron chi connectivity index (χ4n) is 4.42. The number of aryl methyl sites for hydroxylation is 3. The highest BCUT2D eigenvalue weighted by Crippen LogP contribution is 2.39. The number of rotatable bonds is 6. The lowest BCUT2D eigenvalue weighted by Gasteiger charge is -2.12. The highest BCUT2D eigenvalue weighted by molar-refractivity contribution is 7.15. The van der Waals surface area contributed by atoms with Gasteiger partial charge in [0.25, 0.3) is 0 Å². The lowest BCUT2D eigenvalue weighted by Crippen LogP contribution is -2.12. The van der Waals surface area contributed by atoms with E-state index < -0.39 is 6.04 Å². The molecule has 0 fully saturated rings. The van der Waals surface area contributed by atoms with E-state index in [4.69, 9.17) is 9.73 Å². The van der Waals surface area contributed by atoms with E-state index in [9.17, 15) is 4.79 Å². The fraction of sp³-hybridized carbons (Fsp3) is 0.286. The summed E-state index contributed by atoms with van der Waals surface area (Å²) < 4.78 is 7.02. The normalized spacial score (nSPS) is 14.5. The Hall–Kier alpha value is -3.78. The number of esters is 1. The van der Waals surface area contributed by atoms with Gasteiger partial charge in [-0.3, -0.25) is 14.4 Å². The third-order valence-corrected chi connectivity index (χ3v) is 7.80. The van der Waals surface area contributed by atoms with Gasteiger partial charge in [0.1, 0.15) is 16.9 Å². The van der Waals surface area contributed by atoms with Crippen molar-refractivity contribution in [1.29, 1.82) is 0 Å². The van der Waals surface area contributed by atoms with E-state index in [1.54, 1.807) is 11.3 Å². The third kappa shape index (κ3) is 4.44. The minimum absolute atomic E-state index is 0.0985. The van der Waals surface area contributed by atoms with E-state index in [1.165, 1.54) is 28.7 Å². The third-order valence-electron chi connectivity index (χ3n) is 6.60. The van der Waals surface area contributed by atoms with Crippen molar-refractivity contribution < 1.29 is 9.53 Å². The largest absolute Gasteiger partial charge is 0.469 e. The first-order chi connectivity index (χ1) is 17.4. The van der Waals surface area contributed by atoms with Crippen molar-refractivity contribution in [3.8, 4) is 5.00 Å². The van der Waals surface area contributed by atoms with Gasteiger partial charge >= 0.3 is 5.97 Å². The average Bonchev–Trinajstić information content (AvgIpc) is 3.36. The Kier molecular flexibility index (Phi) is 6.45. The van der Waals surface area contributed by atoms with Gasteiger partial charge in [0.15, 0.2) is 5.82 Å². The monoisotopic (exact) mass is 499 g/mol. The number of aliphatic imine (C=N–C) groups is 1. The van der Waals surface area contributed by atoms with Crippen molar-refractivity contribution >= 4 is 28.7 Å².